The molecule has 0 aliphatic carbocycles. The maximum atomic E-state index is 12.8. The van der Waals surface area contributed by atoms with Crippen LogP contribution in [-0.4, -0.2) is 31.7 Å². The molecule has 0 bridgehead atoms. The largest absolute Gasteiger partial charge is 0.457 e. The molecule has 1 aliphatic rings. The minimum Gasteiger partial charge on any atom is -0.457 e. The lowest BCUT2D eigenvalue weighted by Crippen LogP contribution is -2.41. The summed E-state index contributed by atoms with van der Waals surface area (Å²) in [6, 6.07) is 21.4. The first kappa shape index (κ1) is 24.5. The highest BCUT2D eigenvalue weighted by atomic mass is 35.5. The summed E-state index contributed by atoms with van der Waals surface area (Å²) >= 11 is 11.9. The van der Waals surface area contributed by atoms with E-state index in [0.29, 0.717) is 53.0 Å². The molecule has 1 amide bonds. The molecule has 0 spiro atoms. The van der Waals surface area contributed by atoms with Crippen LogP contribution in [0.25, 0.3) is 0 Å². The molecule has 178 valence electrons. The normalized spacial score (nSPS) is 15.1. The quantitative estimate of drug-likeness (QED) is 0.418. The van der Waals surface area contributed by atoms with E-state index < -0.39 is 10.0 Å². The second-order valence-corrected chi connectivity index (χ2v) is 10.9. The molecule has 1 N–H and O–H groups in total. The molecule has 3 aromatic rings. The molecular formula is C25H24Cl2N2O4S. The summed E-state index contributed by atoms with van der Waals surface area (Å²) in [5, 5.41) is 3.62. The number of benzene rings is 3. The van der Waals surface area contributed by atoms with Crippen LogP contribution in [0.3, 0.4) is 0 Å². The maximum absolute atomic E-state index is 12.8. The van der Waals surface area contributed by atoms with Crippen LogP contribution in [0.5, 0.6) is 11.5 Å². The van der Waals surface area contributed by atoms with E-state index in [9.17, 15) is 13.2 Å². The van der Waals surface area contributed by atoms with E-state index in [2.05, 4.69) is 5.32 Å². The van der Waals surface area contributed by atoms with Crippen LogP contribution in [0.2, 0.25) is 10.0 Å². The lowest BCUT2D eigenvalue weighted by molar-refractivity contribution is -0.120. The fraction of sp³-hybridized carbons (Fsp3) is 0.240. The van der Waals surface area contributed by atoms with Crippen molar-refractivity contribution in [1.82, 2.24) is 4.31 Å². The van der Waals surface area contributed by atoms with Crippen LogP contribution in [0.4, 0.5) is 5.69 Å². The summed E-state index contributed by atoms with van der Waals surface area (Å²) in [5.74, 6) is 0.887. The van der Waals surface area contributed by atoms with E-state index in [1.54, 1.807) is 42.5 Å². The van der Waals surface area contributed by atoms with Gasteiger partial charge in [0.05, 0.1) is 15.8 Å². The van der Waals surface area contributed by atoms with Crippen LogP contribution in [0, 0.1) is 5.92 Å². The fourth-order valence-corrected chi connectivity index (χ4v) is 5.67. The zero-order valence-electron chi connectivity index (χ0n) is 18.3. The van der Waals surface area contributed by atoms with Gasteiger partial charge in [0.2, 0.25) is 15.9 Å². The molecule has 1 saturated heterocycles. The maximum Gasteiger partial charge on any atom is 0.227 e. The standard InChI is InChI=1S/C25H24Cl2N2O4S/c26-23-11-6-18(16-24(23)27)17-34(31,32)29-14-12-19(13-15-29)25(30)28-20-7-9-22(10-8-20)33-21-4-2-1-3-5-21/h1-11,16,19H,12-15,17H2,(H,28,30). The molecule has 0 aromatic heterocycles. The topological polar surface area (TPSA) is 75.7 Å². The number of rotatable bonds is 7. The Balaban J connectivity index is 1.28. The van der Waals surface area contributed by atoms with Gasteiger partial charge in [-0.3, -0.25) is 4.79 Å². The number of nitrogens with one attached hydrogen (secondary N) is 1. The Morgan fingerprint density at radius 1 is 0.912 bits per heavy atom. The van der Waals surface area contributed by atoms with Crippen molar-refractivity contribution < 1.29 is 17.9 Å². The van der Waals surface area contributed by atoms with Crippen LogP contribution in [-0.2, 0) is 20.6 Å². The van der Waals surface area contributed by atoms with Gasteiger partial charge in [-0.15, -0.1) is 0 Å². The van der Waals surface area contributed by atoms with Gasteiger partial charge in [0.1, 0.15) is 11.5 Å². The van der Waals surface area contributed by atoms with Crippen molar-refractivity contribution >= 4 is 44.8 Å². The van der Waals surface area contributed by atoms with Crippen LogP contribution in [0.15, 0.2) is 72.8 Å². The first-order chi connectivity index (χ1) is 16.3. The molecular weight excluding hydrogens is 495 g/mol. The number of amides is 1. The van der Waals surface area contributed by atoms with E-state index in [1.165, 1.54) is 4.31 Å². The minimum absolute atomic E-state index is 0.113. The molecule has 6 nitrogen and oxygen atoms in total. The fourth-order valence-electron chi connectivity index (χ4n) is 3.80. The summed E-state index contributed by atoms with van der Waals surface area (Å²) in [6.07, 6.45) is 0.920. The van der Waals surface area contributed by atoms with Gasteiger partial charge in [-0.25, -0.2) is 12.7 Å². The Bertz CT molecular complexity index is 1240. The molecule has 0 radical (unpaired) electrons. The SMILES string of the molecule is O=C(Nc1ccc(Oc2ccccc2)cc1)C1CCN(S(=O)(=O)Cc2ccc(Cl)c(Cl)c2)CC1. The van der Waals surface area contributed by atoms with Crippen molar-refractivity contribution in [3.05, 3.63) is 88.4 Å². The van der Waals surface area contributed by atoms with Crippen LogP contribution in [0.1, 0.15) is 18.4 Å². The number of carbonyl (C=O) groups is 1. The predicted molar refractivity (Wildman–Crippen MR) is 135 cm³/mol. The van der Waals surface area contributed by atoms with Gasteiger partial charge < -0.3 is 10.1 Å². The summed E-state index contributed by atoms with van der Waals surface area (Å²) in [7, 11) is -3.52. The molecule has 4 rings (SSSR count). The Labute approximate surface area is 209 Å². The number of anilines is 1. The molecule has 0 unspecified atom stereocenters. The zero-order valence-corrected chi connectivity index (χ0v) is 20.6. The molecule has 9 heteroatoms. The van der Waals surface area contributed by atoms with Gasteiger partial charge in [-0.05, 0) is 66.9 Å². The van der Waals surface area contributed by atoms with Gasteiger partial charge >= 0.3 is 0 Å². The van der Waals surface area contributed by atoms with E-state index in [0.717, 1.165) is 5.75 Å². The highest BCUT2D eigenvalue weighted by molar-refractivity contribution is 7.88. The summed E-state index contributed by atoms with van der Waals surface area (Å²) < 4.78 is 32.8. The van der Waals surface area contributed by atoms with Gasteiger partial charge in [0, 0.05) is 24.7 Å². The van der Waals surface area contributed by atoms with Crippen LogP contribution >= 0.6 is 23.2 Å². The monoisotopic (exact) mass is 518 g/mol. The van der Waals surface area contributed by atoms with Crippen molar-refractivity contribution in [1.29, 1.82) is 0 Å². The minimum atomic E-state index is -3.52. The third-order valence-electron chi connectivity index (χ3n) is 5.65. The molecule has 1 heterocycles. The second kappa shape index (κ2) is 10.8. The van der Waals surface area contributed by atoms with Crippen molar-refractivity contribution in [3.8, 4) is 11.5 Å². The van der Waals surface area contributed by atoms with Crippen molar-refractivity contribution in [2.24, 2.45) is 5.92 Å². The number of halogens is 2. The molecule has 1 aliphatic heterocycles. The predicted octanol–water partition coefficient (Wildman–Crippen LogP) is 5.97. The number of hydrogen-bond acceptors (Lipinski definition) is 4. The Hall–Kier alpha value is -2.58. The number of carbonyl (C=O) groups excluding carboxylic acids is 1. The Morgan fingerprint density at radius 2 is 1.56 bits per heavy atom. The number of hydrogen-bond donors (Lipinski definition) is 1. The van der Waals surface area contributed by atoms with E-state index in [-0.39, 0.29) is 17.6 Å². The average molecular weight is 519 g/mol. The number of piperidine rings is 1. The molecule has 1 fully saturated rings. The highest BCUT2D eigenvalue weighted by Crippen LogP contribution is 2.27. The third kappa shape index (κ3) is 6.30. The smallest absolute Gasteiger partial charge is 0.227 e. The summed E-state index contributed by atoms with van der Waals surface area (Å²) in [5.41, 5.74) is 1.24. The Kier molecular flexibility index (Phi) is 7.78. The zero-order chi connectivity index (χ0) is 24.1. The van der Waals surface area contributed by atoms with Crippen molar-refractivity contribution in [2.45, 2.75) is 18.6 Å². The van der Waals surface area contributed by atoms with Gasteiger partial charge in [-0.1, -0.05) is 47.5 Å². The molecule has 0 atom stereocenters. The second-order valence-electron chi connectivity index (χ2n) is 8.11. The van der Waals surface area contributed by atoms with Gasteiger partial charge in [-0.2, -0.15) is 0 Å². The highest BCUT2D eigenvalue weighted by Gasteiger charge is 2.31. The van der Waals surface area contributed by atoms with Gasteiger partial charge in [0.15, 0.2) is 0 Å². The van der Waals surface area contributed by atoms with E-state index >= 15 is 0 Å². The number of ether oxygens (including phenoxy) is 1. The Morgan fingerprint density at radius 3 is 2.21 bits per heavy atom. The van der Waals surface area contributed by atoms with Gasteiger partial charge in [0.25, 0.3) is 0 Å². The number of para-hydroxylation sites is 1. The molecule has 34 heavy (non-hydrogen) atoms. The van der Waals surface area contributed by atoms with E-state index in [4.69, 9.17) is 27.9 Å². The number of sulfonamides is 1. The van der Waals surface area contributed by atoms with E-state index in [1.807, 2.05) is 30.3 Å². The molecule has 3 aromatic carbocycles. The van der Waals surface area contributed by atoms with Crippen LogP contribution < -0.4 is 10.1 Å². The van der Waals surface area contributed by atoms with Crippen molar-refractivity contribution in [2.75, 3.05) is 18.4 Å². The lowest BCUT2D eigenvalue weighted by Gasteiger charge is -2.30. The average Bonchev–Trinajstić information content (AvgIpc) is 2.83. The first-order valence-electron chi connectivity index (χ1n) is 10.9. The third-order valence-corrected chi connectivity index (χ3v) is 8.24. The first-order valence-corrected chi connectivity index (χ1v) is 13.2. The number of nitrogens with zero attached hydrogens (tertiary/aromatic N) is 1. The summed E-state index contributed by atoms with van der Waals surface area (Å²) in [4.78, 5) is 12.7. The van der Waals surface area contributed by atoms with Crippen molar-refractivity contribution in [3.63, 3.8) is 0 Å². The lowest BCUT2D eigenvalue weighted by atomic mass is 9.97. The summed E-state index contributed by atoms with van der Waals surface area (Å²) in [6.45, 7) is 0.594. The molecule has 0 saturated carbocycles.